The molecule has 0 radical (unpaired) electrons. The molecule has 3 aromatic rings. The van der Waals surface area contributed by atoms with Crippen LogP contribution in [0.4, 0.5) is 17.1 Å². The molecular weight excluding hydrogens is 418 g/mol. The minimum Gasteiger partial charge on any atom is -0.479 e. The second-order valence-corrected chi connectivity index (χ2v) is 6.59. The standard InChI is InChI=1S/C19H14ClN3O7/c1-11-2-6-17(16(8-11)23(27)28)29-10-13-4-7-18(30-13)19(24)21-14-5-3-12(20)9-15(14)22(25)26/h2-9H,10H2,1H3,(H,21,24). The average Bonchev–Trinajstić information content (AvgIpc) is 3.17. The van der Waals surface area contributed by atoms with Crippen LogP contribution in [0.5, 0.6) is 5.75 Å². The molecule has 30 heavy (non-hydrogen) atoms. The number of nitrogens with one attached hydrogen (secondary N) is 1. The molecule has 10 nitrogen and oxygen atoms in total. The molecule has 0 aliphatic carbocycles. The van der Waals surface area contributed by atoms with Crippen molar-refractivity contribution in [1.82, 2.24) is 0 Å². The molecule has 2 aromatic carbocycles. The molecule has 154 valence electrons. The smallest absolute Gasteiger partial charge is 0.311 e. The van der Waals surface area contributed by atoms with Crippen LogP contribution in [0.2, 0.25) is 5.02 Å². The van der Waals surface area contributed by atoms with E-state index >= 15 is 0 Å². The minimum atomic E-state index is -0.715. The highest BCUT2D eigenvalue weighted by Crippen LogP contribution is 2.30. The first-order chi connectivity index (χ1) is 14.2. The number of halogens is 1. The van der Waals surface area contributed by atoms with Gasteiger partial charge in [-0.3, -0.25) is 25.0 Å². The number of hydrogen-bond donors (Lipinski definition) is 1. The van der Waals surface area contributed by atoms with Crippen molar-refractivity contribution < 1.29 is 23.8 Å². The molecule has 1 amide bonds. The van der Waals surface area contributed by atoms with Crippen molar-refractivity contribution >= 4 is 34.6 Å². The number of hydrogen-bond acceptors (Lipinski definition) is 7. The lowest BCUT2D eigenvalue weighted by Crippen LogP contribution is -2.12. The van der Waals surface area contributed by atoms with Gasteiger partial charge in [0.05, 0.1) is 9.85 Å². The quantitative estimate of drug-likeness (QED) is 0.415. The number of benzene rings is 2. The molecular formula is C19H14ClN3O7. The third kappa shape index (κ3) is 4.73. The van der Waals surface area contributed by atoms with Gasteiger partial charge in [0.1, 0.15) is 18.1 Å². The van der Waals surface area contributed by atoms with Crippen LogP contribution in [-0.2, 0) is 6.61 Å². The second kappa shape index (κ2) is 8.62. The molecule has 0 saturated carbocycles. The van der Waals surface area contributed by atoms with Crippen LogP contribution in [-0.4, -0.2) is 15.8 Å². The lowest BCUT2D eigenvalue weighted by molar-refractivity contribution is -0.386. The topological polar surface area (TPSA) is 138 Å². The third-order valence-electron chi connectivity index (χ3n) is 3.97. The number of nitro benzene ring substituents is 2. The Morgan fingerprint density at radius 3 is 2.50 bits per heavy atom. The summed E-state index contributed by atoms with van der Waals surface area (Å²) in [4.78, 5) is 33.4. The maximum Gasteiger partial charge on any atom is 0.311 e. The van der Waals surface area contributed by atoms with E-state index in [1.54, 1.807) is 13.0 Å². The van der Waals surface area contributed by atoms with Crippen molar-refractivity contribution in [2.75, 3.05) is 5.32 Å². The van der Waals surface area contributed by atoms with Crippen molar-refractivity contribution in [1.29, 1.82) is 0 Å². The van der Waals surface area contributed by atoms with Gasteiger partial charge in [0, 0.05) is 17.2 Å². The third-order valence-corrected chi connectivity index (χ3v) is 4.21. The number of ether oxygens (including phenoxy) is 1. The zero-order valence-electron chi connectivity index (χ0n) is 15.5. The molecule has 0 aliphatic rings. The van der Waals surface area contributed by atoms with E-state index in [2.05, 4.69) is 5.32 Å². The Labute approximate surface area is 174 Å². The van der Waals surface area contributed by atoms with Gasteiger partial charge in [-0.15, -0.1) is 0 Å². The maximum absolute atomic E-state index is 12.4. The van der Waals surface area contributed by atoms with E-state index in [-0.39, 0.29) is 46.0 Å². The van der Waals surface area contributed by atoms with E-state index in [0.29, 0.717) is 5.56 Å². The zero-order valence-corrected chi connectivity index (χ0v) is 16.2. The van der Waals surface area contributed by atoms with Gasteiger partial charge in [-0.05, 0) is 42.8 Å². The molecule has 0 atom stereocenters. The summed E-state index contributed by atoms with van der Waals surface area (Å²) in [5, 5.41) is 24.8. The SMILES string of the molecule is Cc1ccc(OCc2ccc(C(=O)Nc3ccc(Cl)cc3[N+](=O)[O-])o2)c([N+](=O)[O-])c1. The van der Waals surface area contributed by atoms with Crippen molar-refractivity contribution in [2.24, 2.45) is 0 Å². The summed E-state index contributed by atoms with van der Waals surface area (Å²) < 4.78 is 10.8. The summed E-state index contributed by atoms with van der Waals surface area (Å²) in [6.45, 7) is 1.57. The van der Waals surface area contributed by atoms with Crippen LogP contribution in [0.25, 0.3) is 0 Å². The lowest BCUT2D eigenvalue weighted by atomic mass is 10.2. The highest BCUT2D eigenvalue weighted by Gasteiger charge is 2.20. The molecule has 0 bridgehead atoms. The normalized spacial score (nSPS) is 10.5. The van der Waals surface area contributed by atoms with Crippen LogP contribution < -0.4 is 10.1 Å². The van der Waals surface area contributed by atoms with E-state index in [9.17, 15) is 25.0 Å². The Morgan fingerprint density at radius 1 is 1.07 bits per heavy atom. The van der Waals surface area contributed by atoms with Gasteiger partial charge in [-0.25, -0.2) is 0 Å². The van der Waals surface area contributed by atoms with Crippen LogP contribution >= 0.6 is 11.6 Å². The maximum atomic E-state index is 12.4. The van der Waals surface area contributed by atoms with E-state index in [1.165, 1.54) is 36.4 Å². The number of amides is 1. The summed E-state index contributed by atoms with van der Waals surface area (Å²) in [7, 11) is 0. The first kappa shape index (κ1) is 20.8. The average molecular weight is 432 g/mol. The fraction of sp³-hybridized carbons (Fsp3) is 0.105. The summed E-state index contributed by atoms with van der Waals surface area (Å²) in [6.07, 6.45) is 0. The number of rotatable bonds is 7. The molecule has 0 unspecified atom stereocenters. The van der Waals surface area contributed by atoms with Crippen LogP contribution in [0.3, 0.4) is 0 Å². The number of carbonyl (C=O) groups is 1. The Bertz CT molecular complexity index is 1140. The number of furan rings is 1. The second-order valence-electron chi connectivity index (χ2n) is 6.16. The molecule has 11 heteroatoms. The van der Waals surface area contributed by atoms with E-state index in [1.807, 2.05) is 0 Å². The van der Waals surface area contributed by atoms with Crippen molar-refractivity contribution in [3.63, 3.8) is 0 Å². The Kier molecular flexibility index (Phi) is 5.98. The molecule has 3 rings (SSSR count). The molecule has 1 N–H and O–H groups in total. The van der Waals surface area contributed by atoms with Gasteiger partial charge >= 0.3 is 5.69 Å². The zero-order chi connectivity index (χ0) is 21.8. The highest BCUT2D eigenvalue weighted by molar-refractivity contribution is 6.31. The molecule has 1 heterocycles. The van der Waals surface area contributed by atoms with Gasteiger partial charge < -0.3 is 14.5 Å². The monoisotopic (exact) mass is 431 g/mol. The molecule has 0 fully saturated rings. The van der Waals surface area contributed by atoms with Crippen molar-refractivity contribution in [2.45, 2.75) is 13.5 Å². The number of nitro groups is 2. The lowest BCUT2D eigenvalue weighted by Gasteiger charge is -2.06. The minimum absolute atomic E-state index is 0.0427. The first-order valence-electron chi connectivity index (χ1n) is 8.46. The summed E-state index contributed by atoms with van der Waals surface area (Å²) in [5.41, 5.74) is 0.119. The van der Waals surface area contributed by atoms with E-state index < -0.39 is 15.8 Å². The number of carbonyl (C=O) groups excluding carboxylic acids is 1. The highest BCUT2D eigenvalue weighted by atomic mass is 35.5. The van der Waals surface area contributed by atoms with Crippen LogP contribution in [0.1, 0.15) is 21.9 Å². The summed E-state index contributed by atoms with van der Waals surface area (Å²) in [6, 6.07) is 11.2. The number of nitrogens with zero attached hydrogens (tertiary/aromatic N) is 2. The van der Waals surface area contributed by atoms with Crippen LogP contribution in [0, 0.1) is 27.2 Å². The van der Waals surface area contributed by atoms with Gasteiger partial charge in [0.15, 0.2) is 11.5 Å². The summed E-state index contributed by atoms with van der Waals surface area (Å²) in [5.74, 6) is -0.533. The Balaban J connectivity index is 1.71. The van der Waals surface area contributed by atoms with Gasteiger partial charge in [0.2, 0.25) is 0 Å². The number of aryl methyl sites for hydroxylation is 1. The predicted molar refractivity (Wildman–Crippen MR) is 107 cm³/mol. The fourth-order valence-corrected chi connectivity index (χ4v) is 2.73. The van der Waals surface area contributed by atoms with Crippen molar-refractivity contribution in [3.05, 3.63) is 90.9 Å². The molecule has 1 aromatic heterocycles. The Morgan fingerprint density at radius 2 is 1.80 bits per heavy atom. The fourth-order valence-electron chi connectivity index (χ4n) is 2.56. The van der Waals surface area contributed by atoms with Gasteiger partial charge in [-0.1, -0.05) is 17.7 Å². The summed E-state index contributed by atoms with van der Waals surface area (Å²) >= 11 is 5.75. The Hall–Kier alpha value is -3.92. The van der Waals surface area contributed by atoms with Crippen molar-refractivity contribution in [3.8, 4) is 5.75 Å². The molecule has 0 aliphatic heterocycles. The van der Waals surface area contributed by atoms with Gasteiger partial charge in [-0.2, -0.15) is 0 Å². The molecule has 0 spiro atoms. The van der Waals surface area contributed by atoms with E-state index in [0.717, 1.165) is 6.07 Å². The largest absolute Gasteiger partial charge is 0.479 e. The van der Waals surface area contributed by atoms with Gasteiger partial charge in [0.25, 0.3) is 11.6 Å². The van der Waals surface area contributed by atoms with E-state index in [4.69, 9.17) is 20.8 Å². The number of anilines is 1. The molecule has 0 saturated heterocycles. The first-order valence-corrected chi connectivity index (χ1v) is 8.84. The van der Waals surface area contributed by atoms with Crippen LogP contribution in [0.15, 0.2) is 52.9 Å². The predicted octanol–water partition coefficient (Wildman–Crippen LogP) is 4.89.